The Morgan fingerprint density at radius 3 is 2.39 bits per heavy atom. The highest BCUT2D eigenvalue weighted by atomic mass is 16.5. The van der Waals surface area contributed by atoms with E-state index in [0.717, 1.165) is 19.3 Å². The Morgan fingerprint density at radius 2 is 1.82 bits per heavy atom. The largest absolute Gasteiger partial charge is 0.490 e. The van der Waals surface area contributed by atoms with Crippen molar-refractivity contribution >= 4 is 17.6 Å². The maximum Gasteiger partial charge on any atom is 0.341 e. The van der Waals surface area contributed by atoms with Crippen molar-refractivity contribution in [3.05, 3.63) is 23.8 Å². The molecule has 1 amide bonds. The topological polar surface area (TPSA) is 73.9 Å². The first-order valence-electron chi connectivity index (χ1n) is 10.2. The molecule has 0 unspecified atom stereocenters. The van der Waals surface area contributed by atoms with E-state index < -0.39 is 11.6 Å². The van der Waals surface area contributed by atoms with Crippen LogP contribution in [0.2, 0.25) is 0 Å². The molecule has 0 aromatic heterocycles. The summed E-state index contributed by atoms with van der Waals surface area (Å²) in [4.78, 5) is 25.2. The minimum absolute atomic E-state index is 0.0894. The molecule has 0 aliphatic heterocycles. The lowest BCUT2D eigenvalue weighted by Gasteiger charge is -2.28. The van der Waals surface area contributed by atoms with Gasteiger partial charge in [0.15, 0.2) is 0 Å². The van der Waals surface area contributed by atoms with E-state index in [1.54, 1.807) is 25.1 Å². The van der Waals surface area contributed by atoms with Gasteiger partial charge in [-0.2, -0.15) is 0 Å². The van der Waals surface area contributed by atoms with Crippen LogP contribution < -0.4 is 10.1 Å². The summed E-state index contributed by atoms with van der Waals surface area (Å²) >= 11 is 0. The molecule has 1 atom stereocenters. The second-order valence-corrected chi connectivity index (χ2v) is 7.17. The van der Waals surface area contributed by atoms with Crippen molar-refractivity contribution in [2.24, 2.45) is 0 Å². The number of amides is 1. The summed E-state index contributed by atoms with van der Waals surface area (Å²) < 4.78 is 16.6. The van der Waals surface area contributed by atoms with Gasteiger partial charge in [0, 0.05) is 12.3 Å². The molecule has 0 fully saturated rings. The molecule has 0 bridgehead atoms. The minimum Gasteiger partial charge on any atom is -0.490 e. The number of anilines is 1. The quantitative estimate of drug-likeness (QED) is 0.401. The van der Waals surface area contributed by atoms with Crippen LogP contribution in [-0.2, 0) is 14.3 Å². The Hall–Kier alpha value is -2.08. The van der Waals surface area contributed by atoms with Crippen LogP contribution in [0.5, 0.6) is 5.75 Å². The van der Waals surface area contributed by atoms with Crippen LogP contribution in [0.25, 0.3) is 0 Å². The van der Waals surface area contributed by atoms with E-state index in [0.29, 0.717) is 24.5 Å². The van der Waals surface area contributed by atoms with Gasteiger partial charge in [0.1, 0.15) is 16.9 Å². The van der Waals surface area contributed by atoms with Gasteiger partial charge >= 0.3 is 5.97 Å². The zero-order valence-electron chi connectivity index (χ0n) is 18.1. The zero-order chi connectivity index (χ0) is 21.2. The van der Waals surface area contributed by atoms with Gasteiger partial charge in [-0.1, -0.05) is 26.2 Å². The van der Waals surface area contributed by atoms with Crippen LogP contribution in [0.3, 0.4) is 0 Å². The molecule has 28 heavy (non-hydrogen) atoms. The van der Waals surface area contributed by atoms with Gasteiger partial charge in [0.2, 0.25) is 0 Å². The number of carbonyl (C=O) groups is 2. The standard InChI is InChI=1S/C22H35NO5/c1-7-10-11-14-22(6,27-9-3)21(25)23-17-12-13-19(28-16(4)5)18(15-17)20(24)26-8-2/h12-13,15-16H,7-11,14H2,1-6H3,(H,23,25)/t22-/m0/s1. The van der Waals surface area contributed by atoms with Crippen LogP contribution in [0.1, 0.15) is 77.6 Å². The number of benzene rings is 1. The van der Waals surface area contributed by atoms with Crippen molar-refractivity contribution in [1.29, 1.82) is 0 Å². The third kappa shape index (κ3) is 7.15. The molecule has 0 aliphatic carbocycles. The maximum atomic E-state index is 12.9. The first-order chi connectivity index (χ1) is 13.3. The molecule has 1 aromatic carbocycles. The van der Waals surface area contributed by atoms with Crippen LogP contribution in [0.15, 0.2) is 18.2 Å². The number of rotatable bonds is 12. The van der Waals surface area contributed by atoms with Crippen molar-refractivity contribution < 1.29 is 23.8 Å². The van der Waals surface area contributed by atoms with Crippen LogP contribution >= 0.6 is 0 Å². The van der Waals surface area contributed by atoms with E-state index in [2.05, 4.69) is 12.2 Å². The Morgan fingerprint density at radius 1 is 1.11 bits per heavy atom. The lowest BCUT2D eigenvalue weighted by molar-refractivity contribution is -0.139. The first kappa shape index (κ1) is 24.0. The predicted octanol–water partition coefficient (Wildman–Crippen LogP) is 4.96. The fourth-order valence-corrected chi connectivity index (χ4v) is 2.88. The molecule has 6 nitrogen and oxygen atoms in total. The molecule has 0 spiro atoms. The molecule has 6 heteroatoms. The summed E-state index contributed by atoms with van der Waals surface area (Å²) in [7, 11) is 0. The molecular weight excluding hydrogens is 358 g/mol. The highest BCUT2D eigenvalue weighted by Gasteiger charge is 2.33. The Bertz CT molecular complexity index is 644. The Labute approximate surface area is 168 Å². The van der Waals surface area contributed by atoms with Crippen molar-refractivity contribution in [1.82, 2.24) is 0 Å². The summed E-state index contributed by atoms with van der Waals surface area (Å²) in [6, 6.07) is 4.99. The number of esters is 1. The Balaban J connectivity index is 3.06. The SMILES string of the molecule is CCCCC[C@](C)(OCC)C(=O)Nc1ccc(OC(C)C)c(C(=O)OCC)c1. The highest BCUT2D eigenvalue weighted by molar-refractivity contribution is 5.99. The van der Waals surface area contributed by atoms with Crippen LogP contribution in [-0.4, -0.2) is 36.8 Å². The predicted molar refractivity (Wildman–Crippen MR) is 111 cm³/mol. The monoisotopic (exact) mass is 393 g/mol. The summed E-state index contributed by atoms with van der Waals surface area (Å²) in [6.45, 7) is 12.0. The fraction of sp³-hybridized carbons (Fsp3) is 0.636. The Kier molecular flexibility index (Phi) is 10.0. The summed E-state index contributed by atoms with van der Waals surface area (Å²) in [6.07, 6.45) is 3.58. The van der Waals surface area contributed by atoms with E-state index >= 15 is 0 Å². The van der Waals surface area contributed by atoms with Gasteiger partial charge in [-0.15, -0.1) is 0 Å². The van der Waals surface area contributed by atoms with Gasteiger partial charge in [0.05, 0.1) is 12.7 Å². The second kappa shape index (κ2) is 11.7. The molecular formula is C22H35NO5. The van der Waals surface area contributed by atoms with Crippen LogP contribution in [0.4, 0.5) is 5.69 Å². The first-order valence-corrected chi connectivity index (χ1v) is 10.2. The molecule has 0 aliphatic rings. The van der Waals surface area contributed by atoms with Crippen LogP contribution in [0, 0.1) is 0 Å². The van der Waals surface area contributed by atoms with Gasteiger partial charge in [-0.25, -0.2) is 4.79 Å². The van der Waals surface area contributed by atoms with Crippen molar-refractivity contribution in [2.45, 2.75) is 78.9 Å². The highest BCUT2D eigenvalue weighted by Crippen LogP contribution is 2.27. The lowest BCUT2D eigenvalue weighted by atomic mass is 9.96. The van der Waals surface area contributed by atoms with Crippen molar-refractivity contribution in [3.63, 3.8) is 0 Å². The third-order valence-corrected chi connectivity index (χ3v) is 4.30. The fourth-order valence-electron chi connectivity index (χ4n) is 2.88. The molecule has 0 saturated carbocycles. The zero-order valence-corrected chi connectivity index (χ0v) is 18.1. The third-order valence-electron chi connectivity index (χ3n) is 4.30. The number of nitrogens with one attached hydrogen (secondary N) is 1. The average Bonchev–Trinajstić information content (AvgIpc) is 2.63. The molecule has 0 heterocycles. The number of hydrogen-bond donors (Lipinski definition) is 1. The number of ether oxygens (including phenoxy) is 3. The van der Waals surface area contributed by atoms with E-state index in [4.69, 9.17) is 14.2 Å². The number of carbonyl (C=O) groups excluding carboxylic acids is 2. The second-order valence-electron chi connectivity index (χ2n) is 7.17. The smallest absolute Gasteiger partial charge is 0.341 e. The minimum atomic E-state index is -0.916. The summed E-state index contributed by atoms with van der Waals surface area (Å²) in [5.41, 5.74) is -0.121. The summed E-state index contributed by atoms with van der Waals surface area (Å²) in [5.74, 6) is -0.274. The normalized spacial score (nSPS) is 13.1. The van der Waals surface area contributed by atoms with E-state index in [-0.39, 0.29) is 24.2 Å². The lowest BCUT2D eigenvalue weighted by Crippen LogP contribution is -2.42. The van der Waals surface area contributed by atoms with Gasteiger partial charge in [-0.05, 0) is 59.2 Å². The average molecular weight is 394 g/mol. The number of hydrogen-bond acceptors (Lipinski definition) is 5. The number of unbranched alkanes of at least 4 members (excludes halogenated alkanes) is 2. The van der Waals surface area contributed by atoms with Crippen molar-refractivity contribution in [3.8, 4) is 5.75 Å². The van der Waals surface area contributed by atoms with E-state index in [1.807, 2.05) is 27.7 Å². The van der Waals surface area contributed by atoms with Gasteiger partial charge in [0.25, 0.3) is 5.91 Å². The van der Waals surface area contributed by atoms with Gasteiger partial charge < -0.3 is 19.5 Å². The van der Waals surface area contributed by atoms with Crippen molar-refractivity contribution in [2.75, 3.05) is 18.5 Å². The molecule has 1 aromatic rings. The maximum absolute atomic E-state index is 12.9. The molecule has 1 rings (SSSR count). The summed E-state index contributed by atoms with van der Waals surface area (Å²) in [5, 5.41) is 2.88. The van der Waals surface area contributed by atoms with Gasteiger partial charge in [-0.3, -0.25) is 4.79 Å². The van der Waals surface area contributed by atoms with E-state index in [9.17, 15) is 9.59 Å². The van der Waals surface area contributed by atoms with E-state index in [1.165, 1.54) is 0 Å². The molecule has 1 N–H and O–H groups in total. The molecule has 158 valence electrons. The molecule has 0 saturated heterocycles. The molecule has 0 radical (unpaired) electrons.